The van der Waals surface area contributed by atoms with Crippen molar-refractivity contribution >= 4 is 35.5 Å². The van der Waals surface area contributed by atoms with E-state index in [2.05, 4.69) is 9.47 Å². The van der Waals surface area contributed by atoms with E-state index in [4.69, 9.17) is 0 Å². The molecular weight excluding hydrogens is 212 g/mol. The summed E-state index contributed by atoms with van der Waals surface area (Å²) in [6.45, 7) is 0. The first-order valence-corrected chi connectivity index (χ1v) is 6.28. The lowest BCUT2D eigenvalue weighted by molar-refractivity contribution is -0.152. The normalized spacial score (nSPS) is 9.38. The molecule has 0 aliphatic carbocycles. The number of hydrogen-bond acceptors (Lipinski definition) is 6. The minimum atomic E-state index is -0.541. The minimum Gasteiger partial charge on any atom is -0.454 e. The topological polar surface area (TPSA) is 52.6 Å². The Morgan fingerprint density at radius 3 is 1.69 bits per heavy atom. The van der Waals surface area contributed by atoms with Crippen molar-refractivity contribution in [2.75, 3.05) is 24.4 Å². The summed E-state index contributed by atoms with van der Waals surface area (Å²) in [5, 5.41) is 0. The van der Waals surface area contributed by atoms with Gasteiger partial charge < -0.3 is 9.47 Å². The van der Waals surface area contributed by atoms with E-state index in [0.717, 1.165) is 0 Å². The molecular formula is C7H12O4S2. The molecule has 0 saturated carbocycles. The van der Waals surface area contributed by atoms with Crippen LogP contribution in [-0.2, 0) is 19.1 Å². The van der Waals surface area contributed by atoms with Gasteiger partial charge in [-0.25, -0.2) is 0 Å². The molecule has 0 aromatic heterocycles. The Morgan fingerprint density at radius 1 is 1.00 bits per heavy atom. The van der Waals surface area contributed by atoms with Crippen molar-refractivity contribution in [2.24, 2.45) is 0 Å². The van der Waals surface area contributed by atoms with Gasteiger partial charge in [-0.15, -0.1) is 23.5 Å². The molecule has 0 fully saturated rings. The van der Waals surface area contributed by atoms with Gasteiger partial charge in [0.25, 0.3) is 0 Å². The summed E-state index contributed by atoms with van der Waals surface area (Å²) in [7, 11) is 0. The molecule has 0 rings (SSSR count). The number of hydrogen-bond donors (Lipinski definition) is 0. The number of ether oxygens (including phenoxy) is 2. The van der Waals surface area contributed by atoms with Gasteiger partial charge in [0.15, 0.2) is 0 Å². The molecule has 0 heterocycles. The van der Waals surface area contributed by atoms with Crippen LogP contribution in [0.15, 0.2) is 0 Å². The van der Waals surface area contributed by atoms with Crippen molar-refractivity contribution in [3.05, 3.63) is 0 Å². The second kappa shape index (κ2) is 8.25. The van der Waals surface area contributed by atoms with E-state index in [0.29, 0.717) is 0 Å². The van der Waals surface area contributed by atoms with Gasteiger partial charge in [-0.3, -0.25) is 9.59 Å². The van der Waals surface area contributed by atoms with Gasteiger partial charge >= 0.3 is 11.9 Å². The summed E-state index contributed by atoms with van der Waals surface area (Å²) in [5.74, 6) is -0.538. The summed E-state index contributed by atoms with van der Waals surface area (Å²) in [4.78, 5) is 21.7. The molecule has 0 atom stereocenters. The maximum atomic E-state index is 10.8. The van der Waals surface area contributed by atoms with E-state index in [1.165, 1.54) is 23.5 Å². The molecule has 0 N–H and O–H groups in total. The van der Waals surface area contributed by atoms with Gasteiger partial charge in [0.1, 0.15) is 18.3 Å². The number of carbonyl (C=O) groups is 2. The average Bonchev–Trinajstić information content (AvgIpc) is 2.11. The van der Waals surface area contributed by atoms with Crippen molar-refractivity contribution in [3.63, 3.8) is 0 Å². The summed E-state index contributed by atoms with van der Waals surface area (Å²) in [6.07, 6.45) is 3.31. The zero-order valence-electron chi connectivity index (χ0n) is 7.57. The van der Waals surface area contributed by atoms with E-state index >= 15 is 0 Å². The van der Waals surface area contributed by atoms with E-state index in [-0.39, 0.29) is 18.3 Å². The third-order valence-corrected chi connectivity index (χ3v) is 1.67. The molecule has 0 aliphatic rings. The van der Waals surface area contributed by atoms with Crippen molar-refractivity contribution in [3.8, 4) is 0 Å². The van der Waals surface area contributed by atoms with Gasteiger partial charge in [-0.1, -0.05) is 0 Å². The number of thioether (sulfide) groups is 2. The molecule has 4 nitrogen and oxygen atoms in total. The highest BCUT2D eigenvalue weighted by molar-refractivity contribution is 7.98. The Morgan fingerprint density at radius 2 is 1.38 bits per heavy atom. The molecule has 0 amide bonds. The number of carbonyl (C=O) groups excluding carboxylic acids is 2. The van der Waals surface area contributed by atoms with Crippen LogP contribution in [0.3, 0.4) is 0 Å². The van der Waals surface area contributed by atoms with Crippen LogP contribution in [0.4, 0.5) is 0 Å². The number of rotatable bonds is 6. The Bertz CT molecular complexity index is 154. The first kappa shape index (κ1) is 12.6. The summed E-state index contributed by atoms with van der Waals surface area (Å²) in [6, 6.07) is 0. The van der Waals surface area contributed by atoms with Crippen LogP contribution < -0.4 is 0 Å². The molecule has 6 heteroatoms. The Hall–Kier alpha value is -0.360. The van der Waals surface area contributed by atoms with Crippen molar-refractivity contribution < 1.29 is 19.1 Å². The maximum absolute atomic E-state index is 10.8. The van der Waals surface area contributed by atoms with Crippen LogP contribution in [0.1, 0.15) is 6.42 Å². The molecule has 0 aromatic carbocycles. The predicted octanol–water partition coefficient (Wildman–Crippen LogP) is 1.10. The largest absolute Gasteiger partial charge is 0.454 e. The lowest BCUT2D eigenvalue weighted by atomic mass is 10.4. The lowest BCUT2D eigenvalue weighted by Crippen LogP contribution is -2.13. The summed E-state index contributed by atoms with van der Waals surface area (Å²) in [5.41, 5.74) is 0. The lowest BCUT2D eigenvalue weighted by Gasteiger charge is -2.02. The van der Waals surface area contributed by atoms with E-state index in [1.54, 1.807) is 12.5 Å². The van der Waals surface area contributed by atoms with Crippen molar-refractivity contribution in [2.45, 2.75) is 6.42 Å². The highest BCUT2D eigenvalue weighted by atomic mass is 32.2. The monoisotopic (exact) mass is 224 g/mol. The second-order valence-corrected chi connectivity index (χ2v) is 3.65. The van der Waals surface area contributed by atoms with Crippen LogP contribution >= 0.6 is 23.5 Å². The van der Waals surface area contributed by atoms with Gasteiger partial charge in [-0.05, 0) is 12.5 Å². The Kier molecular flexibility index (Phi) is 8.02. The quantitative estimate of drug-likeness (QED) is 0.382. The highest BCUT2D eigenvalue weighted by Crippen LogP contribution is 1.99. The van der Waals surface area contributed by atoms with Crippen molar-refractivity contribution in [1.82, 2.24) is 0 Å². The Balaban J connectivity index is 3.47. The molecule has 0 bridgehead atoms. The first-order valence-electron chi connectivity index (χ1n) is 3.49. The molecule has 0 unspecified atom stereocenters. The van der Waals surface area contributed by atoms with Crippen LogP contribution in [-0.4, -0.2) is 36.3 Å². The van der Waals surface area contributed by atoms with Crippen LogP contribution in [0.5, 0.6) is 0 Å². The van der Waals surface area contributed by atoms with E-state index in [1.807, 2.05) is 0 Å². The molecule has 0 radical (unpaired) electrons. The van der Waals surface area contributed by atoms with Gasteiger partial charge in [0.2, 0.25) is 0 Å². The molecule has 76 valence electrons. The smallest absolute Gasteiger partial charge is 0.317 e. The zero-order chi connectivity index (χ0) is 10.1. The fourth-order valence-electron chi connectivity index (χ4n) is 0.469. The highest BCUT2D eigenvalue weighted by Gasteiger charge is 2.10. The molecule has 0 spiro atoms. The van der Waals surface area contributed by atoms with Crippen LogP contribution in [0.25, 0.3) is 0 Å². The third-order valence-electron chi connectivity index (χ3n) is 0.964. The average molecular weight is 224 g/mol. The van der Waals surface area contributed by atoms with Crippen LogP contribution in [0.2, 0.25) is 0 Å². The Labute approximate surface area is 85.7 Å². The SMILES string of the molecule is CSCOC(=O)CC(=O)OCSC. The van der Waals surface area contributed by atoms with Gasteiger partial charge in [0.05, 0.1) is 0 Å². The van der Waals surface area contributed by atoms with E-state index < -0.39 is 11.9 Å². The van der Waals surface area contributed by atoms with Gasteiger partial charge in [-0.2, -0.15) is 0 Å². The standard InChI is InChI=1S/C7H12O4S2/c1-12-4-10-6(8)3-7(9)11-5-13-2/h3-5H2,1-2H3. The molecule has 0 saturated heterocycles. The minimum absolute atomic E-state index is 0.272. The fourth-order valence-corrected chi connectivity index (χ4v) is 0.968. The summed E-state index contributed by atoms with van der Waals surface area (Å²) >= 11 is 2.75. The molecule has 0 aromatic rings. The third kappa shape index (κ3) is 7.98. The number of esters is 2. The van der Waals surface area contributed by atoms with Gasteiger partial charge in [0, 0.05) is 0 Å². The summed E-state index contributed by atoms with van der Waals surface area (Å²) < 4.78 is 9.32. The fraction of sp³-hybridized carbons (Fsp3) is 0.714. The van der Waals surface area contributed by atoms with Crippen molar-refractivity contribution in [1.29, 1.82) is 0 Å². The van der Waals surface area contributed by atoms with E-state index in [9.17, 15) is 9.59 Å². The molecule has 13 heavy (non-hydrogen) atoms. The first-order chi connectivity index (χ1) is 6.20. The molecule has 0 aliphatic heterocycles. The van der Waals surface area contributed by atoms with Crippen LogP contribution in [0, 0.1) is 0 Å². The second-order valence-electron chi connectivity index (χ2n) is 2.02. The maximum Gasteiger partial charge on any atom is 0.317 e. The zero-order valence-corrected chi connectivity index (χ0v) is 9.20. The predicted molar refractivity (Wildman–Crippen MR) is 53.6 cm³/mol.